The van der Waals surface area contributed by atoms with Gasteiger partial charge in [-0.3, -0.25) is 4.79 Å². The number of nitrogen functional groups attached to an aromatic ring is 1. The van der Waals surface area contributed by atoms with Gasteiger partial charge in [-0.2, -0.15) is 0 Å². The molecule has 2 heterocycles. The molecule has 2 aliphatic rings. The van der Waals surface area contributed by atoms with E-state index in [2.05, 4.69) is 5.16 Å². The lowest BCUT2D eigenvalue weighted by atomic mass is 9.84. The summed E-state index contributed by atoms with van der Waals surface area (Å²) in [6, 6.07) is 11.5. The Labute approximate surface area is 169 Å². The standard InChI is InChI=1S/C22H24FN3O3/c1-14(15-4-7-17(23)8-5-15)26-11-3-10-22(21(26)27)13-19(25-29-22)16-6-9-18(24)20(12-16)28-2/h4-9,12,14H,3,10-11,13,24H2,1-2H3. The van der Waals surface area contributed by atoms with Gasteiger partial charge in [-0.15, -0.1) is 0 Å². The lowest BCUT2D eigenvalue weighted by Crippen LogP contribution is -2.54. The first-order valence-corrected chi connectivity index (χ1v) is 9.69. The number of carbonyl (C=O) groups excluding carboxylic acids is 1. The Kier molecular flexibility index (Phi) is 4.90. The third-order valence-electron chi connectivity index (χ3n) is 5.80. The molecule has 1 saturated heterocycles. The Morgan fingerprint density at radius 1 is 1.28 bits per heavy atom. The number of methoxy groups -OCH3 is 1. The van der Waals surface area contributed by atoms with Crippen LogP contribution in [0.25, 0.3) is 0 Å². The molecule has 1 amide bonds. The van der Waals surface area contributed by atoms with Crippen molar-refractivity contribution in [3.05, 3.63) is 59.4 Å². The van der Waals surface area contributed by atoms with E-state index in [0.29, 0.717) is 36.5 Å². The molecule has 2 aromatic carbocycles. The van der Waals surface area contributed by atoms with Crippen LogP contribution in [0.1, 0.15) is 43.4 Å². The zero-order valence-electron chi connectivity index (χ0n) is 16.5. The molecule has 7 heteroatoms. The van der Waals surface area contributed by atoms with Crippen LogP contribution in [0.5, 0.6) is 5.75 Å². The van der Waals surface area contributed by atoms with Crippen molar-refractivity contribution in [2.45, 2.75) is 37.8 Å². The van der Waals surface area contributed by atoms with Crippen molar-refractivity contribution in [1.82, 2.24) is 4.90 Å². The highest BCUT2D eigenvalue weighted by Gasteiger charge is 2.51. The van der Waals surface area contributed by atoms with Crippen LogP contribution in [0, 0.1) is 5.82 Å². The summed E-state index contributed by atoms with van der Waals surface area (Å²) in [6.07, 6.45) is 1.81. The van der Waals surface area contributed by atoms with E-state index in [1.807, 2.05) is 19.1 Å². The molecule has 2 aromatic rings. The number of ether oxygens (including phenoxy) is 1. The number of benzene rings is 2. The number of nitrogens with zero attached hydrogens (tertiary/aromatic N) is 2. The third kappa shape index (κ3) is 3.41. The van der Waals surface area contributed by atoms with E-state index in [9.17, 15) is 9.18 Å². The number of nitrogens with two attached hydrogens (primary N) is 1. The van der Waals surface area contributed by atoms with Gasteiger partial charge in [-0.05, 0) is 43.2 Å². The highest BCUT2D eigenvalue weighted by atomic mass is 19.1. The Morgan fingerprint density at radius 2 is 2.03 bits per heavy atom. The van der Waals surface area contributed by atoms with Gasteiger partial charge in [0, 0.05) is 24.9 Å². The van der Waals surface area contributed by atoms with E-state index in [1.165, 1.54) is 12.1 Å². The van der Waals surface area contributed by atoms with E-state index < -0.39 is 5.60 Å². The predicted octanol–water partition coefficient (Wildman–Crippen LogP) is 3.66. The fraction of sp³-hybridized carbons (Fsp3) is 0.364. The lowest BCUT2D eigenvalue weighted by molar-refractivity contribution is -0.164. The molecule has 2 unspecified atom stereocenters. The third-order valence-corrected chi connectivity index (χ3v) is 5.80. The van der Waals surface area contributed by atoms with Crippen molar-refractivity contribution in [3.63, 3.8) is 0 Å². The van der Waals surface area contributed by atoms with Crippen molar-refractivity contribution in [2.75, 3.05) is 19.4 Å². The molecular weight excluding hydrogens is 373 g/mol. The second-order valence-corrected chi connectivity index (χ2v) is 7.59. The second-order valence-electron chi connectivity index (χ2n) is 7.59. The minimum absolute atomic E-state index is 0.0817. The fourth-order valence-electron chi connectivity index (χ4n) is 4.07. The molecule has 2 N–H and O–H groups in total. The smallest absolute Gasteiger partial charge is 0.270 e. The summed E-state index contributed by atoms with van der Waals surface area (Å²) in [5.74, 6) is 0.188. The first kappa shape index (κ1) is 19.2. The Balaban J connectivity index is 1.55. The Hall–Kier alpha value is -3.09. The van der Waals surface area contributed by atoms with Crippen molar-refractivity contribution < 1.29 is 18.8 Å². The number of halogens is 1. The highest BCUT2D eigenvalue weighted by molar-refractivity contribution is 6.06. The minimum Gasteiger partial charge on any atom is -0.495 e. The SMILES string of the molecule is COc1cc(C2=NOC3(CCCN(C(C)c4ccc(F)cc4)C3=O)C2)ccc1N. The molecule has 2 aliphatic heterocycles. The fourth-order valence-corrected chi connectivity index (χ4v) is 4.07. The first-order chi connectivity index (χ1) is 13.9. The maximum atomic E-state index is 13.4. The summed E-state index contributed by atoms with van der Waals surface area (Å²) in [6.45, 7) is 2.58. The Bertz CT molecular complexity index is 960. The molecule has 1 fully saturated rings. The number of amides is 1. The van der Waals surface area contributed by atoms with Crippen molar-refractivity contribution in [1.29, 1.82) is 0 Å². The molecule has 2 atom stereocenters. The number of piperidine rings is 1. The molecule has 0 aliphatic carbocycles. The van der Waals surface area contributed by atoms with Gasteiger partial charge >= 0.3 is 0 Å². The Morgan fingerprint density at radius 3 is 2.76 bits per heavy atom. The average molecular weight is 397 g/mol. The predicted molar refractivity (Wildman–Crippen MR) is 108 cm³/mol. The van der Waals surface area contributed by atoms with Crippen molar-refractivity contribution in [3.8, 4) is 5.75 Å². The number of rotatable bonds is 4. The first-order valence-electron chi connectivity index (χ1n) is 9.69. The lowest BCUT2D eigenvalue weighted by Gasteiger charge is -2.40. The number of likely N-dealkylation sites (tertiary alicyclic amines) is 1. The van der Waals surface area contributed by atoms with Gasteiger partial charge in [0.1, 0.15) is 11.6 Å². The zero-order valence-corrected chi connectivity index (χ0v) is 16.5. The molecule has 1 spiro atoms. The number of anilines is 1. The summed E-state index contributed by atoms with van der Waals surface area (Å²) < 4.78 is 18.5. The van der Waals surface area contributed by atoms with Crippen molar-refractivity contribution in [2.24, 2.45) is 5.16 Å². The average Bonchev–Trinajstić information content (AvgIpc) is 3.15. The molecule has 4 rings (SSSR count). The molecular formula is C22H24FN3O3. The van der Waals surface area contributed by atoms with E-state index in [4.69, 9.17) is 15.3 Å². The molecule has 0 bridgehead atoms. The van der Waals surface area contributed by atoms with Gasteiger partial charge in [-0.25, -0.2) is 4.39 Å². The van der Waals surface area contributed by atoms with Gasteiger partial charge < -0.3 is 20.2 Å². The molecule has 0 radical (unpaired) electrons. The number of hydrogen-bond donors (Lipinski definition) is 1. The molecule has 6 nitrogen and oxygen atoms in total. The largest absolute Gasteiger partial charge is 0.495 e. The topological polar surface area (TPSA) is 77.2 Å². The quantitative estimate of drug-likeness (QED) is 0.799. The van der Waals surface area contributed by atoms with Crippen LogP contribution < -0.4 is 10.5 Å². The van der Waals surface area contributed by atoms with Crippen LogP contribution in [0.2, 0.25) is 0 Å². The molecule has 0 saturated carbocycles. The van der Waals surface area contributed by atoms with Gasteiger partial charge in [0.25, 0.3) is 5.91 Å². The summed E-state index contributed by atoms with van der Waals surface area (Å²) in [7, 11) is 1.56. The van der Waals surface area contributed by atoms with E-state index in [-0.39, 0.29) is 17.8 Å². The number of hydrogen-bond acceptors (Lipinski definition) is 5. The molecule has 152 valence electrons. The highest BCUT2D eigenvalue weighted by Crippen LogP contribution is 2.39. The van der Waals surface area contributed by atoms with E-state index in [1.54, 1.807) is 30.2 Å². The van der Waals surface area contributed by atoms with Gasteiger partial charge in [-0.1, -0.05) is 23.4 Å². The summed E-state index contributed by atoms with van der Waals surface area (Å²) in [5, 5.41) is 4.24. The summed E-state index contributed by atoms with van der Waals surface area (Å²) in [4.78, 5) is 21.0. The van der Waals surface area contributed by atoms with Crippen LogP contribution in [0.15, 0.2) is 47.6 Å². The molecule has 0 aromatic heterocycles. The second kappa shape index (κ2) is 7.39. The zero-order chi connectivity index (χ0) is 20.6. The number of oxime groups is 1. The van der Waals surface area contributed by atoms with Crippen molar-refractivity contribution >= 4 is 17.3 Å². The van der Waals surface area contributed by atoms with E-state index in [0.717, 1.165) is 17.5 Å². The molecule has 29 heavy (non-hydrogen) atoms. The number of carbonyl (C=O) groups is 1. The normalized spacial score (nSPS) is 22.4. The van der Waals surface area contributed by atoms with Gasteiger partial charge in [0.2, 0.25) is 5.60 Å². The summed E-state index contributed by atoms with van der Waals surface area (Å²) in [5.41, 5.74) is 7.86. The maximum Gasteiger partial charge on any atom is 0.270 e. The minimum atomic E-state index is -0.990. The van der Waals surface area contributed by atoms with Crippen LogP contribution in [0.4, 0.5) is 10.1 Å². The maximum absolute atomic E-state index is 13.4. The van der Waals surface area contributed by atoms with Gasteiger partial charge in [0.05, 0.1) is 24.6 Å². The monoisotopic (exact) mass is 397 g/mol. The van der Waals surface area contributed by atoms with E-state index >= 15 is 0 Å². The summed E-state index contributed by atoms with van der Waals surface area (Å²) >= 11 is 0. The van der Waals surface area contributed by atoms with Crippen LogP contribution in [0.3, 0.4) is 0 Å². The van der Waals surface area contributed by atoms with Crippen LogP contribution in [-0.2, 0) is 9.63 Å². The van der Waals surface area contributed by atoms with Crippen LogP contribution >= 0.6 is 0 Å². The van der Waals surface area contributed by atoms with Crippen LogP contribution in [-0.4, -0.2) is 35.8 Å². The van der Waals surface area contributed by atoms with Gasteiger partial charge in [0.15, 0.2) is 0 Å².